The SMILES string of the molecule is NC(=O)C(N)=O.NC(=O)C(N)=O.O=C(O)C(=O)O. The number of aliphatic carboxylic acids is 2. The van der Waals surface area contributed by atoms with Gasteiger partial charge in [0, 0.05) is 0 Å². The predicted molar refractivity (Wildman–Crippen MR) is 52.0 cm³/mol. The molecule has 0 aliphatic carbocycles. The van der Waals surface area contributed by atoms with Gasteiger partial charge in [0.25, 0.3) is 0 Å². The summed E-state index contributed by atoms with van der Waals surface area (Å²) in [5.74, 6) is -8.06. The molecule has 12 heteroatoms. The van der Waals surface area contributed by atoms with Crippen molar-refractivity contribution in [3.8, 4) is 0 Å². The van der Waals surface area contributed by atoms with E-state index in [4.69, 9.17) is 19.8 Å². The highest BCUT2D eigenvalue weighted by atomic mass is 16.4. The van der Waals surface area contributed by atoms with Crippen LogP contribution in [0.3, 0.4) is 0 Å². The van der Waals surface area contributed by atoms with E-state index in [2.05, 4.69) is 22.9 Å². The highest BCUT2D eigenvalue weighted by Crippen LogP contribution is 1.56. The standard InChI is InChI=1S/2C2H4N2O2.C2H2O4/c2*3-1(5)2(4)6;3-1(4)2(5)6/h2*(H2,3,5)(H2,4,6);(H,3,4)(H,5,6). The van der Waals surface area contributed by atoms with Crippen LogP contribution in [0.15, 0.2) is 0 Å². The molecule has 0 heterocycles. The van der Waals surface area contributed by atoms with Crippen LogP contribution < -0.4 is 22.9 Å². The third kappa shape index (κ3) is 23.0. The average molecular weight is 266 g/mol. The molecule has 0 spiro atoms. The van der Waals surface area contributed by atoms with Crippen molar-refractivity contribution in [3.05, 3.63) is 0 Å². The van der Waals surface area contributed by atoms with E-state index < -0.39 is 35.6 Å². The molecule has 0 aromatic carbocycles. The first-order valence-electron chi connectivity index (χ1n) is 3.58. The summed E-state index contributed by atoms with van der Waals surface area (Å²) >= 11 is 0. The lowest BCUT2D eigenvalue weighted by Gasteiger charge is -1.75. The number of carboxylic acid groups (broad SMARTS) is 2. The molecule has 0 radical (unpaired) electrons. The second-order valence-corrected chi connectivity index (χ2v) is 2.07. The van der Waals surface area contributed by atoms with Crippen LogP contribution in [0.1, 0.15) is 0 Å². The molecule has 4 amide bonds. The van der Waals surface area contributed by atoms with Crippen molar-refractivity contribution < 1.29 is 39.0 Å². The summed E-state index contributed by atoms with van der Waals surface area (Å²) in [5, 5.41) is 14.8. The minimum absolute atomic E-state index is 1.10. The van der Waals surface area contributed by atoms with Crippen LogP contribution in [0.4, 0.5) is 0 Å². The fourth-order valence-electron chi connectivity index (χ4n) is 0. The van der Waals surface area contributed by atoms with Gasteiger partial charge in [-0.3, -0.25) is 19.2 Å². The summed E-state index contributed by atoms with van der Waals surface area (Å²) in [6.07, 6.45) is 0. The maximum Gasteiger partial charge on any atom is 0.414 e. The third-order valence-electron chi connectivity index (χ3n) is 0.669. The molecule has 0 fully saturated rings. The van der Waals surface area contributed by atoms with Crippen LogP contribution in [-0.2, 0) is 28.8 Å². The molecule has 0 bridgehead atoms. The van der Waals surface area contributed by atoms with Gasteiger partial charge >= 0.3 is 35.6 Å². The number of hydrogen-bond acceptors (Lipinski definition) is 6. The lowest BCUT2D eigenvalue weighted by Crippen LogP contribution is -2.29. The number of hydrogen-bond donors (Lipinski definition) is 6. The topological polar surface area (TPSA) is 247 Å². The van der Waals surface area contributed by atoms with Gasteiger partial charge in [0.2, 0.25) is 0 Å². The lowest BCUT2D eigenvalue weighted by atomic mass is 10.6. The van der Waals surface area contributed by atoms with Crippen molar-refractivity contribution in [2.45, 2.75) is 0 Å². The molecule has 10 N–H and O–H groups in total. The Morgan fingerprint density at radius 2 is 0.611 bits per heavy atom. The van der Waals surface area contributed by atoms with Crippen molar-refractivity contribution in [1.29, 1.82) is 0 Å². The molecule has 12 nitrogen and oxygen atoms in total. The van der Waals surface area contributed by atoms with Crippen molar-refractivity contribution >= 4 is 35.6 Å². The molecule has 0 aromatic heterocycles. The van der Waals surface area contributed by atoms with E-state index in [1.54, 1.807) is 0 Å². The Labute approximate surface area is 98.5 Å². The summed E-state index contributed by atoms with van der Waals surface area (Å²) in [5.41, 5.74) is 17.3. The van der Waals surface area contributed by atoms with E-state index in [1.807, 2.05) is 0 Å². The Bertz CT molecular complexity index is 283. The van der Waals surface area contributed by atoms with E-state index >= 15 is 0 Å². The highest BCUT2D eigenvalue weighted by molar-refractivity contribution is 6.34. The maximum atomic E-state index is 9.45. The number of rotatable bonds is 0. The zero-order valence-corrected chi connectivity index (χ0v) is 8.65. The number of carbonyl (C=O) groups is 6. The fourth-order valence-corrected chi connectivity index (χ4v) is 0. The smallest absolute Gasteiger partial charge is 0.414 e. The second-order valence-electron chi connectivity index (χ2n) is 2.07. The van der Waals surface area contributed by atoms with Gasteiger partial charge in [-0.15, -0.1) is 0 Å². The monoisotopic (exact) mass is 266 g/mol. The van der Waals surface area contributed by atoms with E-state index in [1.165, 1.54) is 0 Å². The summed E-state index contributed by atoms with van der Waals surface area (Å²) in [6, 6.07) is 0. The van der Waals surface area contributed by atoms with Crippen molar-refractivity contribution in [1.82, 2.24) is 0 Å². The Morgan fingerprint density at radius 3 is 0.611 bits per heavy atom. The zero-order valence-electron chi connectivity index (χ0n) is 8.65. The molecular weight excluding hydrogens is 256 g/mol. The lowest BCUT2D eigenvalue weighted by molar-refractivity contribution is -0.159. The van der Waals surface area contributed by atoms with E-state index in [-0.39, 0.29) is 0 Å². The highest BCUT2D eigenvalue weighted by Gasteiger charge is 2.04. The molecule has 0 saturated heterocycles. The van der Waals surface area contributed by atoms with Crippen LogP contribution in [0, 0.1) is 0 Å². The number of nitrogens with two attached hydrogens (primary N) is 4. The minimum atomic E-state index is -1.82. The number of amides is 4. The van der Waals surface area contributed by atoms with Gasteiger partial charge in [-0.05, 0) is 0 Å². The maximum absolute atomic E-state index is 9.45. The van der Waals surface area contributed by atoms with Gasteiger partial charge in [0.1, 0.15) is 0 Å². The van der Waals surface area contributed by atoms with Crippen LogP contribution in [0.2, 0.25) is 0 Å². The second kappa shape index (κ2) is 10.3. The van der Waals surface area contributed by atoms with E-state index in [9.17, 15) is 19.2 Å². The average Bonchev–Trinajstić information content (AvgIpc) is 2.18. The van der Waals surface area contributed by atoms with Crippen LogP contribution in [0.25, 0.3) is 0 Å². The Hall–Kier alpha value is -3.18. The molecule has 18 heavy (non-hydrogen) atoms. The summed E-state index contributed by atoms with van der Waals surface area (Å²) in [6.45, 7) is 0. The van der Waals surface area contributed by atoms with Gasteiger partial charge in [0.15, 0.2) is 0 Å². The molecule has 0 unspecified atom stereocenters. The quantitative estimate of drug-likeness (QED) is 0.231. The Balaban J connectivity index is -0.000000187. The van der Waals surface area contributed by atoms with Crippen LogP contribution in [-0.4, -0.2) is 45.8 Å². The molecule has 0 saturated carbocycles. The van der Waals surface area contributed by atoms with Crippen molar-refractivity contribution in [2.24, 2.45) is 22.9 Å². The number of carboxylic acids is 2. The molecule has 0 rings (SSSR count). The largest absolute Gasteiger partial charge is 0.473 e. The van der Waals surface area contributed by atoms with Crippen LogP contribution >= 0.6 is 0 Å². The van der Waals surface area contributed by atoms with Crippen molar-refractivity contribution in [3.63, 3.8) is 0 Å². The normalized spacial score (nSPS) is 7.33. The first kappa shape index (κ1) is 20.3. The Kier molecular flexibility index (Phi) is 11.6. The van der Waals surface area contributed by atoms with Crippen LogP contribution in [0.5, 0.6) is 0 Å². The molecule has 0 aliphatic rings. The van der Waals surface area contributed by atoms with E-state index in [0.717, 1.165) is 0 Å². The minimum Gasteiger partial charge on any atom is -0.473 e. The summed E-state index contributed by atoms with van der Waals surface area (Å²) in [7, 11) is 0. The van der Waals surface area contributed by atoms with E-state index in [0.29, 0.717) is 0 Å². The van der Waals surface area contributed by atoms with Gasteiger partial charge in [0.05, 0.1) is 0 Å². The number of carbonyl (C=O) groups excluding carboxylic acids is 4. The van der Waals surface area contributed by atoms with Gasteiger partial charge in [-0.2, -0.15) is 0 Å². The summed E-state index contributed by atoms with van der Waals surface area (Å²) in [4.78, 5) is 56.0. The zero-order chi connectivity index (χ0) is 15.5. The summed E-state index contributed by atoms with van der Waals surface area (Å²) < 4.78 is 0. The Morgan fingerprint density at radius 1 is 0.500 bits per heavy atom. The fraction of sp³-hybridized carbons (Fsp3) is 0. The molecule has 0 aliphatic heterocycles. The first-order chi connectivity index (χ1) is 7.93. The van der Waals surface area contributed by atoms with Gasteiger partial charge in [-0.25, -0.2) is 9.59 Å². The first-order valence-corrected chi connectivity index (χ1v) is 3.58. The van der Waals surface area contributed by atoms with Gasteiger partial charge in [-0.1, -0.05) is 0 Å². The third-order valence-corrected chi connectivity index (χ3v) is 0.669. The molecular formula is C6H10N4O8. The molecule has 0 atom stereocenters. The molecule has 0 aromatic rings. The van der Waals surface area contributed by atoms with Gasteiger partial charge < -0.3 is 33.1 Å². The number of primary amides is 4. The molecule has 102 valence electrons. The predicted octanol–water partition coefficient (Wildman–Crippen LogP) is -4.93. The van der Waals surface area contributed by atoms with Crippen molar-refractivity contribution in [2.75, 3.05) is 0 Å².